The summed E-state index contributed by atoms with van der Waals surface area (Å²) in [6.07, 6.45) is 2.78. The van der Waals surface area contributed by atoms with Gasteiger partial charge in [0.15, 0.2) is 10.8 Å². The summed E-state index contributed by atoms with van der Waals surface area (Å²) in [5, 5.41) is 14.2. The molecule has 2 N–H and O–H groups in total. The van der Waals surface area contributed by atoms with Gasteiger partial charge in [-0.15, -0.1) is 11.3 Å². The van der Waals surface area contributed by atoms with E-state index in [1.165, 1.54) is 11.3 Å². The summed E-state index contributed by atoms with van der Waals surface area (Å²) in [5.74, 6) is 0.616. The molecule has 0 unspecified atom stereocenters. The third-order valence-electron chi connectivity index (χ3n) is 2.80. The number of carbonyl (C=O) groups is 1. The molecular weight excluding hydrogens is 264 g/mol. The molecule has 2 rings (SSSR count). The van der Waals surface area contributed by atoms with Gasteiger partial charge in [0.2, 0.25) is 5.91 Å². The third-order valence-corrected chi connectivity index (χ3v) is 3.56. The maximum atomic E-state index is 11.7. The lowest BCUT2D eigenvalue weighted by Gasteiger charge is -2.17. The number of likely N-dealkylation sites (N-methyl/N-ethyl adjacent to an activating group) is 1. The highest BCUT2D eigenvalue weighted by atomic mass is 32.1. The lowest BCUT2D eigenvalue weighted by atomic mass is 10.4. The van der Waals surface area contributed by atoms with Crippen molar-refractivity contribution in [1.29, 1.82) is 0 Å². The number of rotatable bonds is 6. The Morgan fingerprint density at radius 2 is 2.42 bits per heavy atom. The number of anilines is 1. The standard InChI is InChI=1S/C12H18N4O2S/c1-3-4-13-10(18)7-15(2)11-9(8-17)16-5-6-19-12(16)14-11/h5-6,17H,3-4,7-8H2,1-2H3,(H,13,18). The number of imidazole rings is 1. The van der Waals surface area contributed by atoms with Crippen molar-refractivity contribution in [2.45, 2.75) is 20.0 Å². The zero-order valence-corrected chi connectivity index (χ0v) is 11.9. The van der Waals surface area contributed by atoms with E-state index in [1.54, 1.807) is 11.9 Å². The van der Waals surface area contributed by atoms with Gasteiger partial charge in [-0.3, -0.25) is 9.20 Å². The summed E-state index contributed by atoms with van der Waals surface area (Å²) >= 11 is 1.50. The molecule has 0 bridgehead atoms. The fourth-order valence-electron chi connectivity index (χ4n) is 1.88. The maximum absolute atomic E-state index is 11.7. The number of nitrogens with one attached hydrogen (secondary N) is 1. The summed E-state index contributed by atoms with van der Waals surface area (Å²) in [5.41, 5.74) is 0.710. The highest BCUT2D eigenvalue weighted by Gasteiger charge is 2.17. The monoisotopic (exact) mass is 282 g/mol. The molecular formula is C12H18N4O2S. The van der Waals surface area contributed by atoms with Crippen LogP contribution in [0.5, 0.6) is 0 Å². The number of amides is 1. The summed E-state index contributed by atoms with van der Waals surface area (Å²) in [6.45, 7) is 2.82. The molecule has 0 saturated heterocycles. The first-order valence-corrected chi connectivity index (χ1v) is 7.08. The van der Waals surface area contributed by atoms with Gasteiger partial charge in [0, 0.05) is 25.2 Å². The van der Waals surface area contributed by atoms with Crippen molar-refractivity contribution in [2.75, 3.05) is 25.0 Å². The first kappa shape index (κ1) is 13.8. The van der Waals surface area contributed by atoms with Crippen molar-refractivity contribution < 1.29 is 9.90 Å². The van der Waals surface area contributed by atoms with E-state index in [0.29, 0.717) is 18.1 Å². The highest BCUT2D eigenvalue weighted by molar-refractivity contribution is 7.15. The third kappa shape index (κ3) is 2.87. The highest BCUT2D eigenvalue weighted by Crippen LogP contribution is 2.23. The van der Waals surface area contributed by atoms with Crippen LogP contribution in [0.15, 0.2) is 11.6 Å². The molecule has 2 aromatic rings. The van der Waals surface area contributed by atoms with E-state index in [4.69, 9.17) is 0 Å². The SMILES string of the molecule is CCCNC(=O)CN(C)c1nc2sccn2c1CO. The smallest absolute Gasteiger partial charge is 0.239 e. The second kappa shape index (κ2) is 6.03. The molecule has 19 heavy (non-hydrogen) atoms. The van der Waals surface area contributed by atoms with Crippen molar-refractivity contribution in [1.82, 2.24) is 14.7 Å². The predicted octanol–water partition coefficient (Wildman–Crippen LogP) is 0.850. The average molecular weight is 282 g/mol. The Balaban J connectivity index is 2.14. The van der Waals surface area contributed by atoms with Crippen LogP contribution in [-0.2, 0) is 11.4 Å². The molecule has 0 radical (unpaired) electrons. The van der Waals surface area contributed by atoms with Crippen LogP contribution < -0.4 is 10.2 Å². The zero-order chi connectivity index (χ0) is 13.8. The summed E-state index contributed by atoms with van der Waals surface area (Å²) in [7, 11) is 1.80. The van der Waals surface area contributed by atoms with Gasteiger partial charge in [0.25, 0.3) is 0 Å². The lowest BCUT2D eigenvalue weighted by Crippen LogP contribution is -2.36. The Morgan fingerprint density at radius 3 is 3.11 bits per heavy atom. The fourth-order valence-corrected chi connectivity index (χ4v) is 2.61. The number of hydrogen-bond donors (Lipinski definition) is 2. The molecule has 0 aliphatic heterocycles. The van der Waals surface area contributed by atoms with Crippen LogP contribution in [0.2, 0.25) is 0 Å². The fraction of sp³-hybridized carbons (Fsp3) is 0.500. The Morgan fingerprint density at radius 1 is 1.63 bits per heavy atom. The van der Waals surface area contributed by atoms with Crippen molar-refractivity contribution in [3.63, 3.8) is 0 Å². The molecule has 0 aromatic carbocycles. The van der Waals surface area contributed by atoms with Crippen LogP contribution in [0.25, 0.3) is 4.96 Å². The van der Waals surface area contributed by atoms with Gasteiger partial charge in [-0.05, 0) is 6.42 Å². The van der Waals surface area contributed by atoms with E-state index in [1.807, 2.05) is 22.9 Å². The Bertz CT molecular complexity index is 563. The average Bonchev–Trinajstić information content (AvgIpc) is 2.95. The largest absolute Gasteiger partial charge is 0.390 e. The number of aromatic nitrogens is 2. The van der Waals surface area contributed by atoms with Gasteiger partial charge < -0.3 is 15.3 Å². The van der Waals surface area contributed by atoms with Crippen molar-refractivity contribution in [3.05, 3.63) is 17.3 Å². The Labute approximate surface area is 115 Å². The number of hydrogen-bond acceptors (Lipinski definition) is 5. The van der Waals surface area contributed by atoms with Crippen LogP contribution in [-0.4, -0.2) is 40.5 Å². The normalized spacial score (nSPS) is 10.9. The Kier molecular flexibility index (Phi) is 4.39. The van der Waals surface area contributed by atoms with Gasteiger partial charge in [-0.25, -0.2) is 4.98 Å². The molecule has 104 valence electrons. The maximum Gasteiger partial charge on any atom is 0.239 e. The first-order valence-electron chi connectivity index (χ1n) is 6.20. The number of aliphatic hydroxyl groups excluding tert-OH is 1. The van der Waals surface area contributed by atoms with Crippen LogP contribution in [0.3, 0.4) is 0 Å². The number of aliphatic hydroxyl groups is 1. The van der Waals surface area contributed by atoms with E-state index in [-0.39, 0.29) is 19.1 Å². The van der Waals surface area contributed by atoms with Crippen LogP contribution in [0.4, 0.5) is 5.82 Å². The molecule has 2 heterocycles. The predicted molar refractivity (Wildman–Crippen MR) is 75.6 cm³/mol. The molecule has 6 nitrogen and oxygen atoms in total. The van der Waals surface area contributed by atoms with E-state index >= 15 is 0 Å². The van der Waals surface area contributed by atoms with E-state index in [0.717, 1.165) is 11.4 Å². The second-order valence-corrected chi connectivity index (χ2v) is 5.17. The zero-order valence-electron chi connectivity index (χ0n) is 11.1. The molecule has 0 spiro atoms. The lowest BCUT2D eigenvalue weighted by molar-refractivity contribution is -0.119. The van der Waals surface area contributed by atoms with Crippen molar-refractivity contribution >= 4 is 28.0 Å². The topological polar surface area (TPSA) is 69.9 Å². The summed E-state index contributed by atoms with van der Waals surface area (Å²) in [6, 6.07) is 0. The summed E-state index contributed by atoms with van der Waals surface area (Å²) < 4.78 is 1.85. The quantitative estimate of drug-likeness (QED) is 0.824. The van der Waals surface area contributed by atoms with Gasteiger partial charge >= 0.3 is 0 Å². The van der Waals surface area contributed by atoms with Gasteiger partial charge in [0.1, 0.15) is 0 Å². The van der Waals surface area contributed by atoms with E-state index in [2.05, 4.69) is 10.3 Å². The molecule has 0 fully saturated rings. The minimum absolute atomic E-state index is 0.0374. The van der Waals surface area contributed by atoms with Crippen molar-refractivity contribution in [2.24, 2.45) is 0 Å². The van der Waals surface area contributed by atoms with Crippen LogP contribution >= 0.6 is 11.3 Å². The number of carbonyl (C=O) groups excluding carboxylic acids is 1. The van der Waals surface area contributed by atoms with Crippen LogP contribution in [0, 0.1) is 0 Å². The van der Waals surface area contributed by atoms with E-state index in [9.17, 15) is 9.90 Å². The number of fused-ring (bicyclic) bond motifs is 1. The second-order valence-electron chi connectivity index (χ2n) is 4.30. The minimum atomic E-state index is -0.103. The molecule has 1 amide bonds. The number of nitrogens with zero attached hydrogens (tertiary/aromatic N) is 3. The van der Waals surface area contributed by atoms with Gasteiger partial charge in [-0.2, -0.15) is 0 Å². The van der Waals surface area contributed by atoms with Crippen LogP contribution in [0.1, 0.15) is 19.0 Å². The molecule has 0 aliphatic rings. The van der Waals surface area contributed by atoms with Gasteiger partial charge in [0.05, 0.1) is 18.8 Å². The van der Waals surface area contributed by atoms with Gasteiger partial charge in [-0.1, -0.05) is 6.92 Å². The molecule has 0 aliphatic carbocycles. The Hall–Kier alpha value is -1.60. The molecule has 2 aromatic heterocycles. The molecule has 7 heteroatoms. The first-order chi connectivity index (χ1) is 9.17. The number of thiazole rings is 1. The molecule has 0 atom stereocenters. The molecule has 0 saturated carbocycles. The summed E-state index contributed by atoms with van der Waals surface area (Å²) in [4.78, 5) is 18.7. The van der Waals surface area contributed by atoms with E-state index < -0.39 is 0 Å². The minimum Gasteiger partial charge on any atom is -0.390 e. The van der Waals surface area contributed by atoms with Crippen molar-refractivity contribution in [3.8, 4) is 0 Å².